The average Bonchev–Trinajstić information content (AvgIpc) is 3.30. The summed E-state index contributed by atoms with van der Waals surface area (Å²) in [4.78, 5) is 28.5. The molecule has 1 saturated carbocycles. The van der Waals surface area contributed by atoms with E-state index < -0.39 is 0 Å². The van der Waals surface area contributed by atoms with Crippen LogP contribution in [0.4, 0.5) is 0 Å². The van der Waals surface area contributed by atoms with E-state index in [9.17, 15) is 9.59 Å². The number of carbonyl (C=O) groups excluding carboxylic acids is 2. The Morgan fingerprint density at radius 3 is 2.62 bits per heavy atom. The molecule has 6 heteroatoms. The van der Waals surface area contributed by atoms with Crippen molar-refractivity contribution in [3.05, 3.63) is 17.0 Å². The lowest BCUT2D eigenvalue weighted by molar-refractivity contribution is -0.137. The van der Waals surface area contributed by atoms with Crippen LogP contribution in [0.3, 0.4) is 0 Å². The zero-order chi connectivity index (χ0) is 20.6. The van der Waals surface area contributed by atoms with E-state index in [-0.39, 0.29) is 29.1 Å². The standard InChI is InChI=1S/C23H35N3O3/c1-23(2)14-18-20(19(27)15-23)21(24-26(18)12-13-29-3)17-10-7-11-25(17)22(28)16-8-5-4-6-9-16/h16-17H,4-15H2,1-3H3/t17-/m0/s1. The lowest BCUT2D eigenvalue weighted by Crippen LogP contribution is -2.37. The molecule has 6 nitrogen and oxygen atoms in total. The second-order valence-corrected chi connectivity index (χ2v) is 9.89. The third kappa shape index (κ3) is 4.00. The molecule has 160 valence electrons. The number of ether oxygens (including phenoxy) is 1. The first-order valence-corrected chi connectivity index (χ1v) is 11.3. The molecule has 0 unspecified atom stereocenters. The van der Waals surface area contributed by atoms with Gasteiger partial charge in [0.1, 0.15) is 0 Å². The van der Waals surface area contributed by atoms with E-state index in [1.165, 1.54) is 6.42 Å². The second-order valence-electron chi connectivity index (χ2n) is 9.89. The molecule has 1 amide bonds. The molecule has 1 atom stereocenters. The molecule has 1 aromatic heterocycles. The van der Waals surface area contributed by atoms with Crippen molar-refractivity contribution < 1.29 is 14.3 Å². The number of aromatic nitrogens is 2. The number of ketones is 1. The van der Waals surface area contributed by atoms with Crippen LogP contribution in [-0.4, -0.2) is 46.6 Å². The predicted octanol–water partition coefficient (Wildman–Crippen LogP) is 3.93. The normalized spacial score (nSPS) is 24.7. The molecule has 0 N–H and O–H groups in total. The SMILES string of the molecule is COCCn1nc([C@@H]2CCCN2C(=O)C2CCCCC2)c2c1CC(C)(C)CC2=O. The lowest BCUT2D eigenvalue weighted by atomic mass is 9.75. The zero-order valence-corrected chi connectivity index (χ0v) is 18.2. The van der Waals surface area contributed by atoms with Crippen LogP contribution in [0.15, 0.2) is 0 Å². The Morgan fingerprint density at radius 2 is 1.90 bits per heavy atom. The molecular formula is C23H35N3O3. The topological polar surface area (TPSA) is 64.4 Å². The molecule has 0 spiro atoms. The number of rotatable bonds is 5. The summed E-state index contributed by atoms with van der Waals surface area (Å²) < 4.78 is 7.26. The van der Waals surface area contributed by atoms with Crippen LogP contribution in [-0.2, 0) is 22.5 Å². The van der Waals surface area contributed by atoms with Gasteiger partial charge in [-0.2, -0.15) is 5.10 Å². The largest absolute Gasteiger partial charge is 0.383 e. The fourth-order valence-electron chi connectivity index (χ4n) is 5.53. The molecule has 0 radical (unpaired) electrons. The summed E-state index contributed by atoms with van der Waals surface area (Å²) in [5, 5.41) is 4.93. The number of Topliss-reactive ketones (excluding diaryl/α,β-unsaturated/α-hetero) is 1. The van der Waals surface area contributed by atoms with Crippen LogP contribution in [0.2, 0.25) is 0 Å². The van der Waals surface area contributed by atoms with Crippen LogP contribution in [0.1, 0.15) is 93.0 Å². The van der Waals surface area contributed by atoms with Crippen molar-refractivity contribution in [3.63, 3.8) is 0 Å². The number of fused-ring (bicyclic) bond motifs is 1. The molecule has 0 aromatic carbocycles. The number of methoxy groups -OCH3 is 1. The number of hydrogen-bond acceptors (Lipinski definition) is 4. The summed E-state index contributed by atoms with van der Waals surface area (Å²) in [6.45, 7) is 6.30. The highest BCUT2D eigenvalue weighted by molar-refractivity contribution is 6.00. The molecule has 1 saturated heterocycles. The molecule has 2 fully saturated rings. The first kappa shape index (κ1) is 20.6. The van der Waals surface area contributed by atoms with Gasteiger partial charge in [0.05, 0.1) is 36.1 Å². The van der Waals surface area contributed by atoms with E-state index in [4.69, 9.17) is 9.84 Å². The Bertz CT molecular complexity index is 777. The van der Waals surface area contributed by atoms with Crippen molar-refractivity contribution in [2.45, 2.75) is 84.2 Å². The van der Waals surface area contributed by atoms with Gasteiger partial charge in [-0.1, -0.05) is 33.1 Å². The van der Waals surface area contributed by atoms with Crippen molar-refractivity contribution in [3.8, 4) is 0 Å². The fourth-order valence-corrected chi connectivity index (χ4v) is 5.53. The van der Waals surface area contributed by atoms with Crippen molar-refractivity contribution in [1.29, 1.82) is 0 Å². The second kappa shape index (κ2) is 8.21. The number of carbonyl (C=O) groups is 2. The van der Waals surface area contributed by atoms with Gasteiger partial charge in [0.25, 0.3) is 0 Å². The summed E-state index contributed by atoms with van der Waals surface area (Å²) >= 11 is 0. The molecule has 4 rings (SSSR count). The van der Waals surface area contributed by atoms with E-state index in [2.05, 4.69) is 13.8 Å². The van der Waals surface area contributed by atoms with Gasteiger partial charge >= 0.3 is 0 Å². The number of hydrogen-bond donors (Lipinski definition) is 0. The summed E-state index contributed by atoms with van der Waals surface area (Å²) in [5.74, 6) is 0.633. The highest BCUT2D eigenvalue weighted by atomic mass is 16.5. The quantitative estimate of drug-likeness (QED) is 0.750. The third-order valence-corrected chi connectivity index (χ3v) is 6.96. The maximum atomic E-state index is 13.3. The summed E-state index contributed by atoms with van der Waals surface area (Å²) in [6, 6.07) is -0.0490. The molecule has 2 heterocycles. The fraction of sp³-hybridized carbons (Fsp3) is 0.783. The van der Waals surface area contributed by atoms with Crippen molar-refractivity contribution in [2.24, 2.45) is 11.3 Å². The third-order valence-electron chi connectivity index (χ3n) is 6.96. The first-order chi connectivity index (χ1) is 13.9. The van der Waals surface area contributed by atoms with Gasteiger partial charge in [0.15, 0.2) is 5.78 Å². The van der Waals surface area contributed by atoms with E-state index in [1.807, 2.05) is 9.58 Å². The number of amides is 1. The Kier molecular flexibility index (Phi) is 5.83. The summed E-state index contributed by atoms with van der Waals surface area (Å²) in [7, 11) is 1.69. The molecule has 0 bridgehead atoms. The highest BCUT2D eigenvalue weighted by Crippen LogP contribution is 2.42. The lowest BCUT2D eigenvalue weighted by Gasteiger charge is -2.32. The maximum absolute atomic E-state index is 13.3. The van der Waals surface area contributed by atoms with Crippen molar-refractivity contribution in [1.82, 2.24) is 14.7 Å². The van der Waals surface area contributed by atoms with E-state index in [1.54, 1.807) is 7.11 Å². The molecule has 1 aliphatic heterocycles. The van der Waals surface area contributed by atoms with Gasteiger partial charge in [-0.25, -0.2) is 0 Å². The van der Waals surface area contributed by atoms with Gasteiger partial charge in [-0.3, -0.25) is 14.3 Å². The van der Waals surface area contributed by atoms with Crippen LogP contribution in [0.25, 0.3) is 0 Å². The Morgan fingerprint density at radius 1 is 1.14 bits per heavy atom. The number of nitrogens with zero attached hydrogens (tertiary/aromatic N) is 3. The Hall–Kier alpha value is -1.69. The molecule has 29 heavy (non-hydrogen) atoms. The minimum Gasteiger partial charge on any atom is -0.383 e. The molecule has 3 aliphatic rings. The smallest absolute Gasteiger partial charge is 0.226 e. The summed E-state index contributed by atoms with van der Waals surface area (Å²) in [6.07, 6.45) is 8.86. The maximum Gasteiger partial charge on any atom is 0.226 e. The van der Waals surface area contributed by atoms with Gasteiger partial charge < -0.3 is 9.64 Å². The highest BCUT2D eigenvalue weighted by Gasteiger charge is 2.42. The Labute approximate surface area is 174 Å². The van der Waals surface area contributed by atoms with E-state index in [0.717, 1.165) is 68.4 Å². The minimum absolute atomic E-state index is 0.0490. The number of likely N-dealkylation sites (tertiary alicyclic amines) is 1. The summed E-state index contributed by atoms with van der Waals surface area (Å²) in [5.41, 5.74) is 2.63. The minimum atomic E-state index is -0.0561. The van der Waals surface area contributed by atoms with Gasteiger partial charge in [0, 0.05) is 26.0 Å². The first-order valence-electron chi connectivity index (χ1n) is 11.3. The van der Waals surface area contributed by atoms with Crippen molar-refractivity contribution >= 4 is 11.7 Å². The van der Waals surface area contributed by atoms with Gasteiger partial charge in [-0.15, -0.1) is 0 Å². The average molecular weight is 402 g/mol. The van der Waals surface area contributed by atoms with E-state index in [0.29, 0.717) is 19.6 Å². The van der Waals surface area contributed by atoms with Crippen LogP contribution in [0.5, 0.6) is 0 Å². The van der Waals surface area contributed by atoms with Gasteiger partial charge in [-0.05, 0) is 37.5 Å². The van der Waals surface area contributed by atoms with Gasteiger partial charge in [0.2, 0.25) is 5.91 Å². The Balaban J connectivity index is 1.67. The predicted molar refractivity (Wildman–Crippen MR) is 111 cm³/mol. The molecule has 2 aliphatic carbocycles. The van der Waals surface area contributed by atoms with Crippen LogP contribution < -0.4 is 0 Å². The monoisotopic (exact) mass is 401 g/mol. The van der Waals surface area contributed by atoms with Crippen LogP contribution in [0, 0.1) is 11.3 Å². The molecule has 1 aromatic rings. The van der Waals surface area contributed by atoms with Crippen molar-refractivity contribution in [2.75, 3.05) is 20.3 Å². The van der Waals surface area contributed by atoms with Crippen LogP contribution >= 0.6 is 0 Å². The zero-order valence-electron chi connectivity index (χ0n) is 18.2. The molecular weight excluding hydrogens is 366 g/mol. The van der Waals surface area contributed by atoms with E-state index >= 15 is 0 Å².